The molecule has 0 atom stereocenters. The number of aryl methyl sites for hydroxylation is 1. The van der Waals surface area contributed by atoms with Crippen LogP contribution in [0.3, 0.4) is 0 Å². The van der Waals surface area contributed by atoms with E-state index in [1.807, 2.05) is 24.3 Å². The molecule has 0 radical (unpaired) electrons. The largest absolute Gasteiger partial charge is 0.335 e. The molecule has 20 heavy (non-hydrogen) atoms. The number of halogens is 1. The third-order valence-corrected chi connectivity index (χ3v) is 3.36. The van der Waals surface area contributed by atoms with Crippen molar-refractivity contribution in [3.8, 4) is 0 Å². The maximum atomic E-state index is 12.2. The summed E-state index contributed by atoms with van der Waals surface area (Å²) >= 11 is 3.42. The number of hydrogen-bond acceptors (Lipinski definition) is 3. The zero-order valence-corrected chi connectivity index (χ0v) is 13.1. The van der Waals surface area contributed by atoms with Gasteiger partial charge in [0, 0.05) is 24.5 Å². The minimum atomic E-state index is -0.177. The van der Waals surface area contributed by atoms with E-state index >= 15 is 0 Å². The number of nitrogens with one attached hydrogen (secondary N) is 1. The molecule has 0 unspecified atom stereocenters. The Morgan fingerprint density at radius 1 is 1.45 bits per heavy atom. The van der Waals surface area contributed by atoms with Crippen LogP contribution in [0.2, 0.25) is 0 Å². The van der Waals surface area contributed by atoms with Gasteiger partial charge in [-0.3, -0.25) is 9.89 Å². The molecule has 2 rings (SSSR count). The second-order valence-electron chi connectivity index (χ2n) is 4.65. The fourth-order valence-electron chi connectivity index (χ4n) is 1.89. The molecule has 0 aliphatic carbocycles. The summed E-state index contributed by atoms with van der Waals surface area (Å²) in [4.78, 5) is 18.0. The lowest BCUT2D eigenvalue weighted by atomic mass is 10.2. The highest BCUT2D eigenvalue weighted by Crippen LogP contribution is 2.13. The maximum Gasteiger partial charge on any atom is 0.293 e. The maximum absolute atomic E-state index is 12.2. The molecule has 1 aromatic carbocycles. The van der Waals surface area contributed by atoms with Crippen molar-refractivity contribution in [1.82, 2.24) is 20.1 Å². The quantitative estimate of drug-likeness (QED) is 0.913. The SMILES string of the molecule is CCCc1nc(C(=O)N(C)Cc2cccc(Br)c2)n[nH]1. The first-order valence-corrected chi connectivity index (χ1v) is 7.30. The number of carbonyl (C=O) groups is 1. The Balaban J connectivity index is 2.04. The van der Waals surface area contributed by atoms with E-state index in [1.54, 1.807) is 11.9 Å². The van der Waals surface area contributed by atoms with Gasteiger partial charge in [-0.15, -0.1) is 5.10 Å². The zero-order valence-electron chi connectivity index (χ0n) is 11.6. The van der Waals surface area contributed by atoms with E-state index in [4.69, 9.17) is 0 Å². The Morgan fingerprint density at radius 2 is 2.25 bits per heavy atom. The van der Waals surface area contributed by atoms with Gasteiger partial charge in [0.25, 0.3) is 5.91 Å². The van der Waals surface area contributed by atoms with Crippen LogP contribution >= 0.6 is 15.9 Å². The van der Waals surface area contributed by atoms with Gasteiger partial charge < -0.3 is 4.90 Å². The number of benzene rings is 1. The number of nitrogens with zero attached hydrogens (tertiary/aromatic N) is 3. The average molecular weight is 337 g/mol. The molecule has 6 heteroatoms. The minimum absolute atomic E-state index is 0.177. The standard InChI is InChI=1S/C14H17BrN4O/c1-3-5-12-16-13(18-17-12)14(20)19(2)9-10-6-4-7-11(15)8-10/h4,6-8H,3,5,9H2,1-2H3,(H,16,17,18). The van der Waals surface area contributed by atoms with Gasteiger partial charge in [0.1, 0.15) is 5.82 Å². The summed E-state index contributed by atoms with van der Waals surface area (Å²) in [5.74, 6) is 0.807. The van der Waals surface area contributed by atoms with Gasteiger partial charge >= 0.3 is 0 Å². The normalized spacial score (nSPS) is 10.6. The summed E-state index contributed by atoms with van der Waals surface area (Å²) in [6, 6.07) is 7.88. The van der Waals surface area contributed by atoms with Crippen molar-refractivity contribution in [2.75, 3.05) is 7.05 Å². The lowest BCUT2D eigenvalue weighted by molar-refractivity contribution is 0.0773. The average Bonchev–Trinajstić information content (AvgIpc) is 2.87. The smallest absolute Gasteiger partial charge is 0.293 e. The van der Waals surface area contributed by atoms with Crippen LogP contribution in [0.1, 0.15) is 35.4 Å². The lowest BCUT2D eigenvalue weighted by Gasteiger charge is -2.15. The summed E-state index contributed by atoms with van der Waals surface area (Å²) in [6.45, 7) is 2.58. The monoisotopic (exact) mass is 336 g/mol. The summed E-state index contributed by atoms with van der Waals surface area (Å²) in [5, 5.41) is 6.78. The van der Waals surface area contributed by atoms with Gasteiger partial charge in [0.2, 0.25) is 5.82 Å². The van der Waals surface area contributed by atoms with Crippen LogP contribution in [-0.2, 0) is 13.0 Å². The summed E-state index contributed by atoms with van der Waals surface area (Å²) < 4.78 is 0.999. The summed E-state index contributed by atoms with van der Waals surface area (Å²) in [7, 11) is 1.75. The van der Waals surface area contributed by atoms with Gasteiger partial charge in [0.15, 0.2) is 0 Å². The second-order valence-corrected chi connectivity index (χ2v) is 5.56. The first-order valence-electron chi connectivity index (χ1n) is 6.51. The van der Waals surface area contributed by atoms with Crippen molar-refractivity contribution < 1.29 is 4.79 Å². The molecule has 0 fully saturated rings. The number of aromatic amines is 1. The molecule has 0 aliphatic rings. The molecular formula is C14H17BrN4O. The van der Waals surface area contributed by atoms with E-state index in [2.05, 4.69) is 38.0 Å². The van der Waals surface area contributed by atoms with E-state index in [9.17, 15) is 4.79 Å². The molecule has 0 saturated carbocycles. The number of amides is 1. The Morgan fingerprint density at radius 3 is 2.95 bits per heavy atom. The van der Waals surface area contributed by atoms with Gasteiger partial charge in [-0.2, -0.15) is 0 Å². The lowest BCUT2D eigenvalue weighted by Crippen LogP contribution is -2.27. The molecule has 1 N–H and O–H groups in total. The van der Waals surface area contributed by atoms with Gasteiger partial charge in [-0.1, -0.05) is 35.0 Å². The highest BCUT2D eigenvalue weighted by molar-refractivity contribution is 9.10. The van der Waals surface area contributed by atoms with Crippen LogP contribution < -0.4 is 0 Å². The van der Waals surface area contributed by atoms with Crippen molar-refractivity contribution >= 4 is 21.8 Å². The first-order chi connectivity index (χ1) is 9.60. The van der Waals surface area contributed by atoms with Gasteiger partial charge in [-0.05, 0) is 24.1 Å². The Bertz CT molecular complexity index is 596. The first kappa shape index (κ1) is 14.7. The number of aromatic nitrogens is 3. The van der Waals surface area contributed by atoms with Crippen molar-refractivity contribution in [3.05, 3.63) is 46.0 Å². The van der Waals surface area contributed by atoms with E-state index < -0.39 is 0 Å². The topological polar surface area (TPSA) is 61.9 Å². The highest BCUT2D eigenvalue weighted by atomic mass is 79.9. The van der Waals surface area contributed by atoms with E-state index in [1.165, 1.54) is 0 Å². The fraction of sp³-hybridized carbons (Fsp3) is 0.357. The Hall–Kier alpha value is -1.69. The van der Waals surface area contributed by atoms with Crippen LogP contribution in [0, 0.1) is 0 Å². The van der Waals surface area contributed by atoms with Crippen LogP contribution in [0.25, 0.3) is 0 Å². The van der Waals surface area contributed by atoms with Crippen LogP contribution in [0.15, 0.2) is 28.7 Å². The molecule has 1 amide bonds. The van der Waals surface area contributed by atoms with Gasteiger partial charge in [-0.25, -0.2) is 4.98 Å². The molecule has 5 nitrogen and oxygen atoms in total. The van der Waals surface area contributed by atoms with Crippen molar-refractivity contribution in [2.45, 2.75) is 26.3 Å². The molecule has 0 aliphatic heterocycles. The summed E-state index contributed by atoms with van der Waals surface area (Å²) in [5.41, 5.74) is 1.06. The van der Waals surface area contributed by atoms with Crippen LogP contribution in [-0.4, -0.2) is 33.0 Å². The zero-order chi connectivity index (χ0) is 14.5. The third-order valence-electron chi connectivity index (χ3n) is 2.87. The molecule has 1 heterocycles. The molecule has 1 aromatic heterocycles. The van der Waals surface area contributed by atoms with Crippen molar-refractivity contribution in [3.63, 3.8) is 0 Å². The highest BCUT2D eigenvalue weighted by Gasteiger charge is 2.17. The van der Waals surface area contributed by atoms with Crippen molar-refractivity contribution in [2.24, 2.45) is 0 Å². The third kappa shape index (κ3) is 3.66. The van der Waals surface area contributed by atoms with Crippen LogP contribution in [0.4, 0.5) is 0 Å². The molecule has 106 valence electrons. The van der Waals surface area contributed by atoms with Gasteiger partial charge in [0.05, 0.1) is 0 Å². The fourth-order valence-corrected chi connectivity index (χ4v) is 2.34. The van der Waals surface area contributed by atoms with Crippen molar-refractivity contribution in [1.29, 1.82) is 0 Å². The number of carbonyl (C=O) groups excluding carboxylic acids is 1. The Labute approximate surface area is 126 Å². The molecular weight excluding hydrogens is 320 g/mol. The number of H-pyrrole nitrogens is 1. The predicted octanol–water partition coefficient (Wildman–Crippen LogP) is 2.79. The van der Waals surface area contributed by atoms with Crippen LogP contribution in [0.5, 0.6) is 0 Å². The molecule has 2 aromatic rings. The minimum Gasteiger partial charge on any atom is -0.335 e. The van der Waals surface area contributed by atoms with E-state index in [0.29, 0.717) is 6.54 Å². The Kier molecular flexibility index (Phi) is 4.89. The number of hydrogen-bond donors (Lipinski definition) is 1. The predicted molar refractivity (Wildman–Crippen MR) is 80.3 cm³/mol. The molecule has 0 spiro atoms. The van der Waals surface area contributed by atoms with E-state index in [-0.39, 0.29) is 11.7 Å². The number of rotatable bonds is 5. The second kappa shape index (κ2) is 6.65. The van der Waals surface area contributed by atoms with E-state index in [0.717, 1.165) is 28.7 Å². The molecule has 0 saturated heterocycles. The molecule has 0 bridgehead atoms. The summed E-state index contributed by atoms with van der Waals surface area (Å²) in [6.07, 6.45) is 1.77.